The van der Waals surface area contributed by atoms with Gasteiger partial charge in [0, 0.05) is 0 Å². The van der Waals surface area contributed by atoms with Crippen LogP contribution < -0.4 is 10.9 Å². The summed E-state index contributed by atoms with van der Waals surface area (Å²) >= 11 is 0. The quantitative estimate of drug-likeness (QED) is 0.675. The molecule has 1 aromatic heterocycles. The molecule has 0 spiro atoms. The molecule has 1 aromatic carbocycles. The molecule has 0 atom stereocenters. The lowest BCUT2D eigenvalue weighted by atomic mass is 10.3. The van der Waals surface area contributed by atoms with Gasteiger partial charge in [-0.25, -0.2) is 4.98 Å². The number of carbonyl (C=O) groups excluding carboxylic acids is 1. The summed E-state index contributed by atoms with van der Waals surface area (Å²) in [5.41, 5.74) is 0.876. The molecule has 0 radical (unpaired) electrons. The number of carbonyl (C=O) groups is 1. The second kappa shape index (κ2) is 3.29. The van der Waals surface area contributed by atoms with Crippen molar-refractivity contribution in [2.45, 2.75) is 0 Å². The third-order valence-corrected chi connectivity index (χ3v) is 1.80. The van der Waals surface area contributed by atoms with Crippen LogP contribution in [0.3, 0.4) is 0 Å². The van der Waals surface area contributed by atoms with Gasteiger partial charge in [0.05, 0.1) is 11.0 Å². The van der Waals surface area contributed by atoms with Gasteiger partial charge in [-0.3, -0.25) is 9.59 Å². The number of hydrogen-bond donors (Lipinski definition) is 2. The largest absolute Gasteiger partial charge is 0.317 e. The van der Waals surface area contributed by atoms with Crippen LogP contribution in [0.15, 0.2) is 29.1 Å². The Morgan fingerprint density at radius 2 is 2.14 bits per heavy atom. The monoisotopic (exact) mass is 189 g/mol. The Morgan fingerprint density at radius 3 is 2.93 bits per heavy atom. The maximum absolute atomic E-state index is 11.3. The van der Waals surface area contributed by atoms with Crippen molar-refractivity contribution < 1.29 is 4.79 Å². The summed E-state index contributed by atoms with van der Waals surface area (Å²) in [6.45, 7) is 0. The van der Waals surface area contributed by atoms with E-state index in [0.717, 1.165) is 0 Å². The first-order valence-corrected chi connectivity index (χ1v) is 4.00. The van der Waals surface area contributed by atoms with Gasteiger partial charge in [0.15, 0.2) is 5.82 Å². The molecule has 1 amide bonds. The minimum absolute atomic E-state index is 0.0127. The van der Waals surface area contributed by atoms with E-state index >= 15 is 0 Å². The van der Waals surface area contributed by atoms with E-state index in [0.29, 0.717) is 17.4 Å². The topological polar surface area (TPSA) is 74.8 Å². The lowest BCUT2D eigenvalue weighted by Gasteiger charge is -1.99. The van der Waals surface area contributed by atoms with Crippen LogP contribution >= 0.6 is 0 Å². The van der Waals surface area contributed by atoms with Crippen LogP contribution in [0.5, 0.6) is 0 Å². The predicted molar refractivity (Wildman–Crippen MR) is 52.1 cm³/mol. The molecule has 5 nitrogen and oxygen atoms in total. The zero-order chi connectivity index (χ0) is 9.97. The molecule has 70 valence electrons. The first kappa shape index (κ1) is 8.43. The molecule has 0 aliphatic carbocycles. The van der Waals surface area contributed by atoms with E-state index in [2.05, 4.69) is 15.3 Å². The number of H-pyrrole nitrogens is 1. The van der Waals surface area contributed by atoms with E-state index in [1.807, 2.05) is 0 Å². The van der Waals surface area contributed by atoms with Gasteiger partial charge in [-0.2, -0.15) is 0 Å². The van der Waals surface area contributed by atoms with E-state index in [4.69, 9.17) is 0 Å². The second-order valence-corrected chi connectivity index (χ2v) is 2.69. The summed E-state index contributed by atoms with van der Waals surface area (Å²) in [5.74, 6) is 0.0127. The van der Waals surface area contributed by atoms with E-state index in [1.165, 1.54) is 0 Å². The highest BCUT2D eigenvalue weighted by Crippen LogP contribution is 2.07. The van der Waals surface area contributed by atoms with Gasteiger partial charge in [-0.05, 0) is 12.1 Å². The van der Waals surface area contributed by atoms with E-state index < -0.39 is 5.56 Å². The fraction of sp³-hybridized carbons (Fsp3) is 0. The number of nitrogens with one attached hydrogen (secondary N) is 2. The molecular weight excluding hydrogens is 182 g/mol. The van der Waals surface area contributed by atoms with Gasteiger partial charge in [-0.1, -0.05) is 12.1 Å². The third-order valence-electron chi connectivity index (χ3n) is 1.80. The predicted octanol–water partition coefficient (Wildman–Crippen LogP) is 0.491. The minimum atomic E-state index is -0.407. The summed E-state index contributed by atoms with van der Waals surface area (Å²) in [4.78, 5) is 28.0. The van der Waals surface area contributed by atoms with Crippen molar-refractivity contribution in [2.24, 2.45) is 0 Å². The second-order valence-electron chi connectivity index (χ2n) is 2.69. The summed E-state index contributed by atoms with van der Waals surface area (Å²) in [6, 6.07) is 7.10. The van der Waals surface area contributed by atoms with Gasteiger partial charge >= 0.3 is 0 Å². The van der Waals surface area contributed by atoms with Crippen molar-refractivity contribution in [1.29, 1.82) is 0 Å². The molecule has 2 N–H and O–H groups in total. The van der Waals surface area contributed by atoms with Gasteiger partial charge < -0.3 is 10.3 Å². The van der Waals surface area contributed by atoms with Gasteiger partial charge in [0.1, 0.15) is 0 Å². The standard InChI is InChI=1S/C9H7N3O2/c13-5-10-8-9(14)12-7-4-2-1-3-6(7)11-8/h1-5H,(H,12,14)(H,10,11,13). The summed E-state index contributed by atoms with van der Waals surface area (Å²) < 4.78 is 0. The fourth-order valence-corrected chi connectivity index (χ4v) is 1.18. The number of amides is 1. The third kappa shape index (κ3) is 1.35. The van der Waals surface area contributed by atoms with E-state index in [9.17, 15) is 9.59 Å². The normalized spacial score (nSPS) is 10.0. The van der Waals surface area contributed by atoms with Crippen molar-refractivity contribution in [3.05, 3.63) is 34.6 Å². The van der Waals surface area contributed by atoms with Gasteiger partial charge in [0.2, 0.25) is 6.41 Å². The van der Waals surface area contributed by atoms with Gasteiger partial charge in [-0.15, -0.1) is 0 Å². The number of para-hydroxylation sites is 2. The molecule has 0 saturated heterocycles. The zero-order valence-corrected chi connectivity index (χ0v) is 7.15. The Morgan fingerprint density at radius 1 is 1.36 bits per heavy atom. The molecule has 0 unspecified atom stereocenters. The Hall–Kier alpha value is -2.17. The van der Waals surface area contributed by atoms with Crippen LogP contribution in [-0.4, -0.2) is 16.4 Å². The molecule has 0 aliphatic rings. The van der Waals surface area contributed by atoms with Crippen LogP contribution in [0.25, 0.3) is 11.0 Å². The summed E-state index contributed by atoms with van der Waals surface area (Å²) in [6.07, 6.45) is 0.423. The molecule has 2 rings (SSSR count). The maximum atomic E-state index is 11.3. The number of benzene rings is 1. The van der Waals surface area contributed by atoms with Crippen LogP contribution in [0.1, 0.15) is 0 Å². The zero-order valence-electron chi connectivity index (χ0n) is 7.15. The Balaban J connectivity index is 2.70. The highest BCUT2D eigenvalue weighted by atomic mass is 16.1. The van der Waals surface area contributed by atoms with Gasteiger partial charge in [0.25, 0.3) is 5.56 Å². The molecular formula is C9H7N3O2. The molecule has 0 saturated carbocycles. The number of aromatic nitrogens is 2. The number of aromatic amines is 1. The minimum Gasteiger partial charge on any atom is -0.317 e. The van der Waals surface area contributed by atoms with Crippen LogP contribution in [0, 0.1) is 0 Å². The smallest absolute Gasteiger partial charge is 0.291 e. The lowest BCUT2D eigenvalue weighted by Crippen LogP contribution is -2.15. The number of hydrogen-bond acceptors (Lipinski definition) is 3. The Kier molecular flexibility index (Phi) is 1.98. The molecule has 0 bridgehead atoms. The highest BCUT2D eigenvalue weighted by molar-refractivity contribution is 5.77. The molecule has 5 heteroatoms. The number of anilines is 1. The summed E-state index contributed by atoms with van der Waals surface area (Å²) in [7, 11) is 0. The van der Waals surface area contributed by atoms with Crippen molar-refractivity contribution in [2.75, 3.05) is 5.32 Å². The first-order chi connectivity index (χ1) is 6.81. The molecule has 1 heterocycles. The molecule has 0 fully saturated rings. The van der Waals surface area contributed by atoms with Crippen LogP contribution in [0.2, 0.25) is 0 Å². The highest BCUT2D eigenvalue weighted by Gasteiger charge is 2.01. The fourth-order valence-electron chi connectivity index (χ4n) is 1.18. The Bertz CT molecular complexity index is 533. The average molecular weight is 189 g/mol. The Labute approximate surface area is 78.8 Å². The number of nitrogens with zero attached hydrogens (tertiary/aromatic N) is 1. The van der Waals surface area contributed by atoms with Crippen LogP contribution in [0.4, 0.5) is 5.82 Å². The van der Waals surface area contributed by atoms with Crippen LogP contribution in [-0.2, 0) is 4.79 Å². The molecule has 0 aliphatic heterocycles. The van der Waals surface area contributed by atoms with Crippen molar-refractivity contribution in [1.82, 2.24) is 9.97 Å². The average Bonchev–Trinajstić information content (AvgIpc) is 2.19. The van der Waals surface area contributed by atoms with Crippen molar-refractivity contribution in [3.63, 3.8) is 0 Å². The van der Waals surface area contributed by atoms with Crippen molar-refractivity contribution in [3.8, 4) is 0 Å². The number of rotatable bonds is 2. The summed E-state index contributed by atoms with van der Waals surface area (Å²) in [5, 5.41) is 2.23. The number of fused-ring (bicyclic) bond motifs is 1. The van der Waals surface area contributed by atoms with E-state index in [1.54, 1.807) is 24.3 Å². The first-order valence-electron chi connectivity index (χ1n) is 4.00. The molecule has 14 heavy (non-hydrogen) atoms. The SMILES string of the molecule is O=CNc1nc2ccccc2[nH]c1=O. The van der Waals surface area contributed by atoms with Crippen molar-refractivity contribution >= 4 is 23.3 Å². The lowest BCUT2D eigenvalue weighted by molar-refractivity contribution is -0.105. The van der Waals surface area contributed by atoms with E-state index in [-0.39, 0.29) is 5.82 Å². The maximum Gasteiger partial charge on any atom is 0.291 e. The molecule has 2 aromatic rings.